The molecular weight excluding hydrogens is 237 g/mol. The van der Waals surface area contributed by atoms with Gasteiger partial charge in [0.15, 0.2) is 5.84 Å². The number of benzene rings is 1. The summed E-state index contributed by atoms with van der Waals surface area (Å²) in [6.07, 6.45) is 0.932. The summed E-state index contributed by atoms with van der Waals surface area (Å²) < 4.78 is 19.3. The van der Waals surface area contributed by atoms with E-state index in [-0.39, 0.29) is 17.4 Å². The summed E-state index contributed by atoms with van der Waals surface area (Å²) in [6.45, 7) is 1.79. The second-order valence-corrected chi connectivity index (χ2v) is 4.21. The molecule has 1 aliphatic rings. The maximum absolute atomic E-state index is 14.0. The van der Waals surface area contributed by atoms with E-state index in [1.54, 1.807) is 12.1 Å². The Labute approximate surface area is 104 Å². The minimum Gasteiger partial charge on any atom is -0.409 e. The number of ether oxygens (including phenoxy) is 1. The smallest absolute Gasteiger partial charge is 0.173 e. The standard InChI is InChI=1S/C12H16FN3O2/c13-11-8(6-15-9-4-5-18-7-9)2-1-3-10(11)12(14)16-17/h1-3,9,15,17H,4-7H2,(H2,14,16). The number of hydrogen-bond acceptors (Lipinski definition) is 4. The van der Waals surface area contributed by atoms with Crippen LogP contribution in [0.2, 0.25) is 0 Å². The lowest BCUT2D eigenvalue weighted by Gasteiger charge is -2.12. The zero-order valence-electron chi connectivity index (χ0n) is 9.90. The molecule has 6 heteroatoms. The summed E-state index contributed by atoms with van der Waals surface area (Å²) in [5.41, 5.74) is 6.00. The lowest BCUT2D eigenvalue weighted by atomic mass is 10.1. The van der Waals surface area contributed by atoms with E-state index in [1.807, 2.05) is 0 Å². The first-order valence-electron chi connectivity index (χ1n) is 5.78. The van der Waals surface area contributed by atoms with E-state index >= 15 is 0 Å². The molecule has 0 radical (unpaired) electrons. The third kappa shape index (κ3) is 2.77. The first-order chi connectivity index (χ1) is 8.72. The molecule has 0 spiro atoms. The van der Waals surface area contributed by atoms with Crippen molar-refractivity contribution in [2.45, 2.75) is 19.0 Å². The second kappa shape index (κ2) is 5.79. The lowest BCUT2D eigenvalue weighted by Crippen LogP contribution is -2.29. The predicted molar refractivity (Wildman–Crippen MR) is 65.0 cm³/mol. The van der Waals surface area contributed by atoms with E-state index in [0.29, 0.717) is 18.7 Å². The molecule has 1 heterocycles. The van der Waals surface area contributed by atoms with E-state index < -0.39 is 5.82 Å². The summed E-state index contributed by atoms with van der Waals surface area (Å²) in [4.78, 5) is 0. The van der Waals surface area contributed by atoms with E-state index in [1.165, 1.54) is 6.07 Å². The van der Waals surface area contributed by atoms with Gasteiger partial charge in [-0.25, -0.2) is 4.39 Å². The highest BCUT2D eigenvalue weighted by molar-refractivity contribution is 5.97. The molecular formula is C12H16FN3O2. The second-order valence-electron chi connectivity index (χ2n) is 4.21. The third-order valence-electron chi connectivity index (χ3n) is 2.97. The Morgan fingerprint density at radius 2 is 2.44 bits per heavy atom. The number of nitrogens with one attached hydrogen (secondary N) is 1. The molecule has 4 N–H and O–H groups in total. The Morgan fingerprint density at radius 1 is 1.61 bits per heavy atom. The SMILES string of the molecule is N/C(=N/O)c1cccc(CNC2CCOC2)c1F. The maximum Gasteiger partial charge on any atom is 0.173 e. The van der Waals surface area contributed by atoms with E-state index in [9.17, 15) is 4.39 Å². The van der Waals surface area contributed by atoms with Gasteiger partial charge in [0.05, 0.1) is 12.2 Å². The van der Waals surface area contributed by atoms with Crippen molar-refractivity contribution in [3.8, 4) is 0 Å². The van der Waals surface area contributed by atoms with E-state index in [0.717, 1.165) is 13.0 Å². The number of nitrogens with two attached hydrogens (primary N) is 1. The molecule has 5 nitrogen and oxygen atoms in total. The molecule has 18 heavy (non-hydrogen) atoms. The van der Waals surface area contributed by atoms with Gasteiger partial charge < -0.3 is 21.0 Å². The van der Waals surface area contributed by atoms with Gasteiger partial charge in [0, 0.05) is 24.8 Å². The Hall–Kier alpha value is -1.66. The number of hydrogen-bond donors (Lipinski definition) is 3. The van der Waals surface area contributed by atoms with Crippen LogP contribution in [0.5, 0.6) is 0 Å². The number of halogens is 1. The highest BCUT2D eigenvalue weighted by atomic mass is 19.1. The van der Waals surface area contributed by atoms with Crippen molar-refractivity contribution in [1.82, 2.24) is 5.32 Å². The van der Waals surface area contributed by atoms with Crippen molar-refractivity contribution < 1.29 is 14.3 Å². The van der Waals surface area contributed by atoms with Crippen molar-refractivity contribution in [2.75, 3.05) is 13.2 Å². The molecule has 1 saturated heterocycles. The minimum absolute atomic E-state index is 0.111. The van der Waals surface area contributed by atoms with Crippen LogP contribution in [0.4, 0.5) is 4.39 Å². The van der Waals surface area contributed by atoms with Crippen LogP contribution in [0.15, 0.2) is 23.4 Å². The lowest BCUT2D eigenvalue weighted by molar-refractivity contribution is 0.189. The summed E-state index contributed by atoms with van der Waals surface area (Å²) in [5, 5.41) is 14.6. The molecule has 1 aromatic rings. The van der Waals surface area contributed by atoms with Crippen molar-refractivity contribution in [3.63, 3.8) is 0 Å². The van der Waals surface area contributed by atoms with Crippen molar-refractivity contribution in [2.24, 2.45) is 10.9 Å². The average molecular weight is 253 g/mol. The molecule has 0 amide bonds. The normalized spacial score (nSPS) is 20.3. The molecule has 1 aromatic carbocycles. The largest absolute Gasteiger partial charge is 0.409 e. The molecule has 1 atom stereocenters. The summed E-state index contributed by atoms with van der Waals surface area (Å²) in [6, 6.07) is 5.09. The van der Waals surface area contributed by atoms with Crippen LogP contribution in [-0.2, 0) is 11.3 Å². The van der Waals surface area contributed by atoms with Gasteiger partial charge in [0.25, 0.3) is 0 Å². The van der Waals surface area contributed by atoms with Gasteiger partial charge >= 0.3 is 0 Å². The number of amidine groups is 1. The fourth-order valence-corrected chi connectivity index (χ4v) is 1.92. The van der Waals surface area contributed by atoms with Crippen LogP contribution in [0, 0.1) is 5.82 Å². The topological polar surface area (TPSA) is 79.9 Å². The van der Waals surface area contributed by atoms with Crippen LogP contribution in [-0.4, -0.2) is 30.3 Å². The molecule has 98 valence electrons. The molecule has 2 rings (SSSR count). The van der Waals surface area contributed by atoms with Crippen LogP contribution >= 0.6 is 0 Å². The predicted octanol–water partition coefficient (Wildman–Crippen LogP) is 0.799. The monoisotopic (exact) mass is 253 g/mol. The zero-order valence-corrected chi connectivity index (χ0v) is 9.90. The zero-order chi connectivity index (χ0) is 13.0. The summed E-state index contributed by atoms with van der Waals surface area (Å²) in [5.74, 6) is -0.683. The van der Waals surface area contributed by atoms with E-state index in [2.05, 4.69) is 10.5 Å². The highest BCUT2D eigenvalue weighted by Gasteiger charge is 2.16. The molecule has 0 bridgehead atoms. The van der Waals surface area contributed by atoms with Gasteiger partial charge in [0.2, 0.25) is 0 Å². The van der Waals surface area contributed by atoms with E-state index in [4.69, 9.17) is 15.7 Å². The van der Waals surface area contributed by atoms with Gasteiger partial charge in [-0.05, 0) is 12.5 Å². The van der Waals surface area contributed by atoms with Gasteiger partial charge in [-0.2, -0.15) is 0 Å². The van der Waals surface area contributed by atoms with Crippen molar-refractivity contribution >= 4 is 5.84 Å². The van der Waals surface area contributed by atoms with Gasteiger partial charge in [0.1, 0.15) is 5.82 Å². The summed E-state index contributed by atoms with van der Waals surface area (Å²) >= 11 is 0. The number of rotatable bonds is 4. The number of oxime groups is 1. The first-order valence-corrected chi connectivity index (χ1v) is 5.78. The van der Waals surface area contributed by atoms with Gasteiger partial charge in [-0.15, -0.1) is 0 Å². The Bertz CT molecular complexity index is 445. The Balaban J connectivity index is 2.08. The fraction of sp³-hybridized carbons (Fsp3) is 0.417. The van der Waals surface area contributed by atoms with Crippen LogP contribution in [0.3, 0.4) is 0 Å². The fourth-order valence-electron chi connectivity index (χ4n) is 1.92. The Morgan fingerprint density at radius 3 is 3.11 bits per heavy atom. The molecule has 0 aromatic heterocycles. The van der Waals surface area contributed by atoms with Crippen molar-refractivity contribution in [1.29, 1.82) is 0 Å². The molecule has 1 fully saturated rings. The molecule has 1 aliphatic heterocycles. The minimum atomic E-state index is -0.459. The Kier molecular flexibility index (Phi) is 4.11. The van der Waals surface area contributed by atoms with Crippen molar-refractivity contribution in [3.05, 3.63) is 35.1 Å². The van der Waals surface area contributed by atoms with Crippen LogP contribution < -0.4 is 11.1 Å². The quantitative estimate of drug-likeness (QED) is 0.321. The third-order valence-corrected chi connectivity index (χ3v) is 2.97. The molecule has 0 saturated carbocycles. The highest BCUT2D eigenvalue weighted by Crippen LogP contribution is 2.14. The first kappa shape index (κ1) is 12.8. The molecule has 1 unspecified atom stereocenters. The molecule has 0 aliphatic carbocycles. The van der Waals surface area contributed by atoms with Gasteiger partial charge in [-0.1, -0.05) is 17.3 Å². The average Bonchev–Trinajstić information content (AvgIpc) is 2.90. The van der Waals surface area contributed by atoms with Gasteiger partial charge in [-0.3, -0.25) is 0 Å². The maximum atomic E-state index is 14.0. The number of nitrogens with zero attached hydrogens (tertiary/aromatic N) is 1. The van der Waals surface area contributed by atoms with Crippen LogP contribution in [0.25, 0.3) is 0 Å². The van der Waals surface area contributed by atoms with Crippen LogP contribution in [0.1, 0.15) is 17.5 Å². The summed E-state index contributed by atoms with van der Waals surface area (Å²) in [7, 11) is 0.